The van der Waals surface area contributed by atoms with Crippen molar-refractivity contribution in [3.8, 4) is 0 Å². The van der Waals surface area contributed by atoms with Crippen molar-refractivity contribution in [2.24, 2.45) is 0 Å². The Bertz CT molecular complexity index is 1210. The highest BCUT2D eigenvalue weighted by Crippen LogP contribution is 2.31. The van der Waals surface area contributed by atoms with E-state index >= 15 is 0 Å². The highest BCUT2D eigenvalue weighted by atomic mass is 35.5. The van der Waals surface area contributed by atoms with Crippen molar-refractivity contribution < 1.29 is 12.8 Å². The van der Waals surface area contributed by atoms with Gasteiger partial charge in [0.2, 0.25) is 0 Å². The van der Waals surface area contributed by atoms with Crippen molar-refractivity contribution in [3.63, 3.8) is 0 Å². The van der Waals surface area contributed by atoms with E-state index in [1.54, 1.807) is 12.1 Å². The standard InChI is InChI=1S/C21H18Cl3FN2O2S2/c22-14-2-1-13(18(23)10-14)9-15-12-30-21(26-15)27-7-5-16(6-8-27)31(28,29)17-3-4-20(25)19(24)11-17/h1-4,10-12,16H,5-9H2. The lowest BCUT2D eigenvalue weighted by Crippen LogP contribution is -2.39. The van der Waals surface area contributed by atoms with Crippen molar-refractivity contribution in [1.82, 2.24) is 4.98 Å². The first kappa shape index (κ1) is 22.8. The van der Waals surface area contributed by atoms with E-state index in [1.807, 2.05) is 11.4 Å². The molecule has 0 bridgehead atoms. The first-order chi connectivity index (χ1) is 14.7. The van der Waals surface area contributed by atoms with Gasteiger partial charge in [-0.2, -0.15) is 0 Å². The fraction of sp³-hybridized carbons (Fsp3) is 0.286. The minimum atomic E-state index is -3.57. The quantitative estimate of drug-likeness (QED) is 0.373. The lowest BCUT2D eigenvalue weighted by molar-refractivity contribution is 0.529. The van der Waals surface area contributed by atoms with Crippen LogP contribution in [-0.2, 0) is 16.3 Å². The molecule has 0 atom stereocenters. The predicted molar refractivity (Wildman–Crippen MR) is 125 cm³/mol. The fourth-order valence-corrected chi connectivity index (χ4v) is 6.94. The number of nitrogens with zero attached hydrogens (tertiary/aromatic N) is 2. The van der Waals surface area contributed by atoms with Crippen molar-refractivity contribution in [1.29, 1.82) is 0 Å². The summed E-state index contributed by atoms with van der Waals surface area (Å²) in [5.74, 6) is -0.630. The molecule has 1 saturated heterocycles. The normalized spacial score (nSPS) is 15.4. The summed E-state index contributed by atoms with van der Waals surface area (Å²) in [4.78, 5) is 6.87. The summed E-state index contributed by atoms with van der Waals surface area (Å²) in [5.41, 5.74) is 1.85. The van der Waals surface area contributed by atoms with E-state index in [4.69, 9.17) is 39.8 Å². The second-order valence-corrected chi connectivity index (χ2v) is 11.7. The largest absolute Gasteiger partial charge is 0.348 e. The molecule has 31 heavy (non-hydrogen) atoms. The van der Waals surface area contributed by atoms with Gasteiger partial charge in [0.25, 0.3) is 0 Å². The minimum Gasteiger partial charge on any atom is -0.348 e. The summed E-state index contributed by atoms with van der Waals surface area (Å²) in [6.45, 7) is 1.15. The van der Waals surface area contributed by atoms with Gasteiger partial charge >= 0.3 is 0 Å². The van der Waals surface area contributed by atoms with Gasteiger partial charge in [-0.15, -0.1) is 11.3 Å². The molecule has 4 rings (SSSR count). The average Bonchev–Trinajstić information content (AvgIpc) is 3.21. The van der Waals surface area contributed by atoms with Crippen LogP contribution >= 0.6 is 46.1 Å². The maximum Gasteiger partial charge on any atom is 0.185 e. The molecule has 164 valence electrons. The Kier molecular flexibility index (Phi) is 6.79. The molecular formula is C21H18Cl3FN2O2S2. The van der Waals surface area contributed by atoms with Gasteiger partial charge in [-0.05, 0) is 48.7 Å². The first-order valence-electron chi connectivity index (χ1n) is 9.56. The van der Waals surface area contributed by atoms with E-state index in [0.717, 1.165) is 22.5 Å². The summed E-state index contributed by atoms with van der Waals surface area (Å²) >= 11 is 19.5. The van der Waals surface area contributed by atoms with Crippen LogP contribution in [-0.4, -0.2) is 31.7 Å². The number of piperidine rings is 1. The van der Waals surface area contributed by atoms with Gasteiger partial charge in [0.05, 0.1) is 20.9 Å². The van der Waals surface area contributed by atoms with Gasteiger partial charge in [0, 0.05) is 34.9 Å². The van der Waals surface area contributed by atoms with E-state index in [9.17, 15) is 12.8 Å². The van der Waals surface area contributed by atoms with Crippen molar-refractivity contribution in [2.75, 3.05) is 18.0 Å². The first-order valence-corrected chi connectivity index (χ1v) is 13.1. The molecule has 0 spiro atoms. The lowest BCUT2D eigenvalue weighted by atomic mass is 10.1. The molecule has 4 nitrogen and oxygen atoms in total. The topological polar surface area (TPSA) is 50.3 Å². The Morgan fingerprint density at radius 1 is 1.06 bits per heavy atom. The second-order valence-electron chi connectivity index (χ2n) is 7.34. The molecular weight excluding hydrogens is 502 g/mol. The lowest BCUT2D eigenvalue weighted by Gasteiger charge is -2.31. The van der Waals surface area contributed by atoms with Gasteiger partial charge in [-0.25, -0.2) is 17.8 Å². The zero-order chi connectivity index (χ0) is 22.2. The third kappa shape index (κ3) is 5.01. The van der Waals surface area contributed by atoms with Crippen LogP contribution in [0.2, 0.25) is 15.1 Å². The molecule has 1 aromatic heterocycles. The van der Waals surface area contributed by atoms with E-state index in [2.05, 4.69) is 4.90 Å². The van der Waals surface area contributed by atoms with Crippen LogP contribution in [0.25, 0.3) is 0 Å². The summed E-state index contributed by atoms with van der Waals surface area (Å²) < 4.78 is 39.2. The minimum absolute atomic E-state index is 0.0636. The number of aromatic nitrogens is 1. The zero-order valence-corrected chi connectivity index (χ0v) is 20.1. The summed E-state index contributed by atoms with van der Waals surface area (Å²) in [5, 5.41) is 3.33. The highest BCUT2D eigenvalue weighted by molar-refractivity contribution is 7.92. The van der Waals surface area contributed by atoms with Gasteiger partial charge in [-0.1, -0.05) is 40.9 Å². The molecule has 2 heterocycles. The van der Waals surface area contributed by atoms with Crippen LogP contribution in [0.3, 0.4) is 0 Å². The molecule has 0 radical (unpaired) electrons. The van der Waals surface area contributed by atoms with Crippen LogP contribution in [0.5, 0.6) is 0 Å². The van der Waals surface area contributed by atoms with E-state index < -0.39 is 20.9 Å². The Morgan fingerprint density at radius 2 is 1.81 bits per heavy atom. The fourth-order valence-electron chi connectivity index (χ4n) is 3.59. The average molecular weight is 520 g/mol. The molecule has 0 saturated carbocycles. The maximum atomic E-state index is 13.4. The monoisotopic (exact) mass is 518 g/mol. The number of halogens is 4. The third-order valence-corrected chi connectivity index (χ3v) is 9.38. The Balaban J connectivity index is 1.41. The Hall–Kier alpha value is -1.38. The molecule has 1 fully saturated rings. The highest BCUT2D eigenvalue weighted by Gasteiger charge is 2.32. The van der Waals surface area contributed by atoms with Crippen LogP contribution in [0.1, 0.15) is 24.1 Å². The molecule has 0 unspecified atom stereocenters. The van der Waals surface area contributed by atoms with Gasteiger partial charge in [-0.3, -0.25) is 0 Å². The van der Waals surface area contributed by atoms with Gasteiger partial charge in [0.15, 0.2) is 15.0 Å². The molecule has 0 aliphatic carbocycles. The molecule has 0 amide bonds. The zero-order valence-electron chi connectivity index (χ0n) is 16.2. The van der Waals surface area contributed by atoms with Gasteiger partial charge < -0.3 is 4.90 Å². The molecule has 0 N–H and O–H groups in total. The number of thiazole rings is 1. The van der Waals surface area contributed by atoms with Crippen molar-refractivity contribution >= 4 is 61.1 Å². The Morgan fingerprint density at radius 3 is 2.48 bits per heavy atom. The van der Waals surface area contributed by atoms with E-state index in [0.29, 0.717) is 42.4 Å². The molecule has 1 aliphatic rings. The van der Waals surface area contributed by atoms with Gasteiger partial charge in [0.1, 0.15) is 5.82 Å². The van der Waals surface area contributed by atoms with Crippen LogP contribution in [0.4, 0.5) is 9.52 Å². The van der Waals surface area contributed by atoms with Crippen LogP contribution in [0, 0.1) is 5.82 Å². The van der Waals surface area contributed by atoms with Crippen LogP contribution < -0.4 is 4.90 Å². The molecule has 10 heteroatoms. The van der Waals surface area contributed by atoms with Crippen molar-refractivity contribution in [3.05, 3.63) is 73.9 Å². The predicted octanol–water partition coefficient (Wildman–Crippen LogP) is 6.28. The number of sulfone groups is 1. The van der Waals surface area contributed by atoms with Crippen molar-refractivity contribution in [2.45, 2.75) is 29.4 Å². The number of hydrogen-bond donors (Lipinski definition) is 0. The summed E-state index contributed by atoms with van der Waals surface area (Å²) in [7, 11) is -3.57. The number of anilines is 1. The summed E-state index contributed by atoms with van der Waals surface area (Å²) in [6.07, 6.45) is 1.53. The summed E-state index contributed by atoms with van der Waals surface area (Å²) in [6, 6.07) is 8.96. The number of rotatable bonds is 5. The van der Waals surface area contributed by atoms with Crippen LogP contribution in [0.15, 0.2) is 46.7 Å². The van der Waals surface area contributed by atoms with E-state index in [1.165, 1.54) is 23.5 Å². The Labute approximate surface area is 199 Å². The second kappa shape index (κ2) is 9.24. The SMILES string of the molecule is O=S(=O)(c1ccc(F)c(Cl)c1)C1CCN(c2nc(Cc3ccc(Cl)cc3Cl)cs2)CC1. The smallest absolute Gasteiger partial charge is 0.185 e. The third-order valence-electron chi connectivity index (χ3n) is 5.30. The number of hydrogen-bond acceptors (Lipinski definition) is 5. The number of benzene rings is 2. The maximum absolute atomic E-state index is 13.4. The van der Waals surface area contributed by atoms with E-state index in [-0.39, 0.29) is 9.92 Å². The molecule has 1 aliphatic heterocycles. The molecule has 3 aromatic rings. The molecule has 2 aromatic carbocycles.